The van der Waals surface area contributed by atoms with Crippen LogP contribution in [-0.4, -0.2) is 44.3 Å². The lowest BCUT2D eigenvalue weighted by Gasteiger charge is -2.24. The van der Waals surface area contributed by atoms with Crippen molar-refractivity contribution in [1.29, 1.82) is 0 Å². The quantitative estimate of drug-likeness (QED) is 0.690. The van der Waals surface area contributed by atoms with Gasteiger partial charge in [-0.3, -0.25) is 14.6 Å². The molecule has 2 amide bonds. The fraction of sp³-hybridized carbons (Fsp3) is 0.273. The molecule has 1 atom stereocenters. The van der Waals surface area contributed by atoms with Gasteiger partial charge in [0.1, 0.15) is 5.69 Å². The number of imidazole rings is 1. The maximum atomic E-state index is 13.6. The van der Waals surface area contributed by atoms with Gasteiger partial charge in [-0.05, 0) is 30.2 Å². The number of para-hydroxylation sites is 1. The van der Waals surface area contributed by atoms with E-state index >= 15 is 0 Å². The summed E-state index contributed by atoms with van der Waals surface area (Å²) in [6.07, 6.45) is 5.68. The van der Waals surface area contributed by atoms with E-state index in [1.54, 1.807) is 28.2 Å². The van der Waals surface area contributed by atoms with Gasteiger partial charge < -0.3 is 14.4 Å². The minimum absolute atomic E-state index is 0.0423. The third-order valence-corrected chi connectivity index (χ3v) is 5.89. The Kier molecular flexibility index (Phi) is 3.97. The minimum atomic E-state index is -0.699. The monoisotopic (exact) mass is 387 g/mol. The van der Waals surface area contributed by atoms with Crippen LogP contribution >= 0.6 is 0 Å². The molecule has 2 aliphatic heterocycles. The van der Waals surface area contributed by atoms with Crippen molar-refractivity contribution in [2.75, 3.05) is 18.0 Å². The highest BCUT2D eigenvalue weighted by molar-refractivity contribution is 6.09. The summed E-state index contributed by atoms with van der Waals surface area (Å²) in [5.74, 6) is -0.0865. The number of hydrogen-bond donors (Lipinski definition) is 0. The highest BCUT2D eigenvalue weighted by Crippen LogP contribution is 2.47. The van der Waals surface area contributed by atoms with Crippen molar-refractivity contribution in [3.05, 3.63) is 78.1 Å². The normalized spacial score (nSPS) is 20.5. The summed E-state index contributed by atoms with van der Waals surface area (Å²) in [5, 5.41) is 0. The molecule has 1 fully saturated rings. The zero-order chi connectivity index (χ0) is 20.0. The summed E-state index contributed by atoms with van der Waals surface area (Å²) in [4.78, 5) is 38.7. The third-order valence-electron chi connectivity index (χ3n) is 5.89. The Labute approximate surface area is 168 Å². The van der Waals surface area contributed by atoms with E-state index in [0.717, 1.165) is 16.9 Å². The van der Waals surface area contributed by atoms with Crippen molar-refractivity contribution >= 4 is 17.5 Å². The van der Waals surface area contributed by atoms with E-state index in [1.807, 2.05) is 54.4 Å². The van der Waals surface area contributed by atoms with Crippen LogP contribution in [0.4, 0.5) is 5.69 Å². The first-order valence-electron chi connectivity index (χ1n) is 9.67. The zero-order valence-corrected chi connectivity index (χ0v) is 16.2. The number of hydrogen-bond acceptors (Lipinski definition) is 4. The number of benzene rings is 1. The average molecular weight is 387 g/mol. The molecular formula is C22H21N5O2. The number of likely N-dealkylation sites (tertiary alicyclic amines) is 1. The van der Waals surface area contributed by atoms with Crippen LogP contribution in [0.3, 0.4) is 0 Å². The van der Waals surface area contributed by atoms with Gasteiger partial charge in [0.2, 0.25) is 5.91 Å². The second-order valence-corrected chi connectivity index (χ2v) is 7.71. The zero-order valence-electron chi connectivity index (χ0n) is 16.2. The number of carbonyl (C=O) groups excluding carboxylic acids is 2. The van der Waals surface area contributed by atoms with E-state index in [-0.39, 0.29) is 11.8 Å². The largest absolute Gasteiger partial charge is 0.340 e. The molecule has 7 heteroatoms. The Morgan fingerprint density at radius 1 is 1.14 bits per heavy atom. The van der Waals surface area contributed by atoms with Crippen LogP contribution in [0.15, 0.2) is 61.2 Å². The first kappa shape index (κ1) is 17.6. The SMILES string of the molecule is Cn1cnc(C(=O)N2CCC3(C2)C(=O)N(Cc2ccccn2)c2ccccc23)c1. The van der Waals surface area contributed by atoms with Crippen molar-refractivity contribution in [2.45, 2.75) is 18.4 Å². The van der Waals surface area contributed by atoms with Crippen molar-refractivity contribution in [3.63, 3.8) is 0 Å². The van der Waals surface area contributed by atoms with E-state index in [4.69, 9.17) is 0 Å². The Hall–Kier alpha value is -3.48. The predicted octanol–water partition coefficient (Wildman–Crippen LogP) is 2.15. The molecule has 1 aromatic carbocycles. The molecule has 0 aliphatic carbocycles. The fourth-order valence-corrected chi connectivity index (χ4v) is 4.47. The first-order chi connectivity index (χ1) is 14.1. The number of pyridine rings is 1. The molecule has 4 heterocycles. The highest BCUT2D eigenvalue weighted by atomic mass is 16.2. The smallest absolute Gasteiger partial charge is 0.274 e. The van der Waals surface area contributed by atoms with E-state index in [1.165, 1.54) is 0 Å². The van der Waals surface area contributed by atoms with Gasteiger partial charge in [0.15, 0.2) is 0 Å². The lowest BCUT2D eigenvalue weighted by atomic mass is 9.81. The Morgan fingerprint density at radius 2 is 1.97 bits per heavy atom. The average Bonchev–Trinajstić information content (AvgIpc) is 3.44. The van der Waals surface area contributed by atoms with Gasteiger partial charge in [-0.25, -0.2) is 4.98 Å². The molecule has 2 aromatic heterocycles. The van der Waals surface area contributed by atoms with Crippen LogP contribution in [0.5, 0.6) is 0 Å². The number of aromatic nitrogens is 3. The van der Waals surface area contributed by atoms with Crippen LogP contribution in [0.25, 0.3) is 0 Å². The number of amides is 2. The number of nitrogens with zero attached hydrogens (tertiary/aromatic N) is 5. The molecular weight excluding hydrogens is 366 g/mol. The van der Waals surface area contributed by atoms with Crippen molar-refractivity contribution in [3.8, 4) is 0 Å². The Morgan fingerprint density at radius 3 is 2.72 bits per heavy atom. The number of rotatable bonds is 3. The molecule has 146 valence electrons. The molecule has 1 saturated heterocycles. The topological polar surface area (TPSA) is 71.3 Å². The van der Waals surface area contributed by atoms with E-state index in [9.17, 15) is 9.59 Å². The maximum absolute atomic E-state index is 13.6. The Balaban J connectivity index is 1.47. The van der Waals surface area contributed by atoms with E-state index in [0.29, 0.717) is 31.7 Å². The second kappa shape index (κ2) is 6.55. The van der Waals surface area contributed by atoms with Gasteiger partial charge in [-0.15, -0.1) is 0 Å². The first-order valence-corrected chi connectivity index (χ1v) is 9.67. The van der Waals surface area contributed by atoms with Gasteiger partial charge in [-0.2, -0.15) is 0 Å². The van der Waals surface area contributed by atoms with Gasteiger partial charge in [0.25, 0.3) is 5.91 Å². The molecule has 3 aromatic rings. The minimum Gasteiger partial charge on any atom is -0.340 e. The maximum Gasteiger partial charge on any atom is 0.274 e. The number of anilines is 1. The highest BCUT2D eigenvalue weighted by Gasteiger charge is 2.55. The standard InChI is InChI=1S/C22H21N5O2/c1-25-13-18(24-15-25)20(28)26-11-9-22(14-26)17-7-2-3-8-19(17)27(21(22)29)12-16-6-4-5-10-23-16/h2-8,10,13,15H,9,11-12,14H2,1H3. The number of aryl methyl sites for hydroxylation is 1. The van der Waals surface area contributed by atoms with Crippen LogP contribution in [0.1, 0.15) is 28.2 Å². The fourth-order valence-electron chi connectivity index (χ4n) is 4.47. The molecule has 0 radical (unpaired) electrons. The molecule has 7 nitrogen and oxygen atoms in total. The molecule has 2 aliphatic rings. The van der Waals surface area contributed by atoms with E-state index < -0.39 is 5.41 Å². The molecule has 1 unspecified atom stereocenters. The van der Waals surface area contributed by atoms with Gasteiger partial charge in [0, 0.05) is 38.2 Å². The molecule has 0 saturated carbocycles. The van der Waals surface area contributed by atoms with Crippen LogP contribution < -0.4 is 4.90 Å². The van der Waals surface area contributed by atoms with Gasteiger partial charge in [-0.1, -0.05) is 24.3 Å². The van der Waals surface area contributed by atoms with E-state index in [2.05, 4.69) is 9.97 Å². The summed E-state index contributed by atoms with van der Waals surface area (Å²) in [6.45, 7) is 1.33. The summed E-state index contributed by atoms with van der Waals surface area (Å²) >= 11 is 0. The van der Waals surface area contributed by atoms with Crippen LogP contribution in [0, 0.1) is 0 Å². The summed E-state index contributed by atoms with van der Waals surface area (Å²) < 4.78 is 1.75. The molecule has 29 heavy (non-hydrogen) atoms. The summed E-state index contributed by atoms with van der Waals surface area (Å²) in [6, 6.07) is 13.6. The Bertz CT molecular complexity index is 1090. The number of fused-ring (bicyclic) bond motifs is 2. The summed E-state index contributed by atoms with van der Waals surface area (Å²) in [7, 11) is 1.83. The van der Waals surface area contributed by atoms with Crippen molar-refractivity contribution < 1.29 is 9.59 Å². The second-order valence-electron chi connectivity index (χ2n) is 7.71. The van der Waals surface area contributed by atoms with Crippen molar-refractivity contribution in [1.82, 2.24) is 19.4 Å². The molecule has 1 spiro atoms. The van der Waals surface area contributed by atoms with Crippen LogP contribution in [-0.2, 0) is 23.8 Å². The third kappa shape index (κ3) is 2.73. The lowest BCUT2D eigenvalue weighted by Crippen LogP contribution is -2.43. The number of carbonyl (C=O) groups is 2. The summed E-state index contributed by atoms with van der Waals surface area (Å²) in [5.41, 5.74) is 2.46. The van der Waals surface area contributed by atoms with Gasteiger partial charge in [0.05, 0.1) is 24.0 Å². The lowest BCUT2D eigenvalue weighted by molar-refractivity contribution is -0.122. The van der Waals surface area contributed by atoms with Gasteiger partial charge >= 0.3 is 0 Å². The predicted molar refractivity (Wildman–Crippen MR) is 107 cm³/mol. The molecule has 0 bridgehead atoms. The van der Waals surface area contributed by atoms with Crippen LogP contribution in [0.2, 0.25) is 0 Å². The van der Waals surface area contributed by atoms with Crippen molar-refractivity contribution in [2.24, 2.45) is 7.05 Å². The molecule has 5 rings (SSSR count). The molecule has 0 N–H and O–H groups in total.